The number of pyridine rings is 1. The maximum atomic E-state index is 6.23. The number of benzene rings is 3. The summed E-state index contributed by atoms with van der Waals surface area (Å²) in [5.74, 6) is 2.65. The molecule has 0 unspecified atom stereocenters. The van der Waals surface area contributed by atoms with Gasteiger partial charge >= 0.3 is 0 Å². The first-order valence-corrected chi connectivity index (χ1v) is 13.2. The highest BCUT2D eigenvalue weighted by molar-refractivity contribution is 6.18. The van der Waals surface area contributed by atoms with E-state index in [1.165, 1.54) is 0 Å². The quantitative estimate of drug-likeness (QED) is 0.0877. The van der Waals surface area contributed by atoms with Crippen molar-refractivity contribution in [2.24, 2.45) is 0 Å². The van der Waals surface area contributed by atoms with E-state index in [0.717, 1.165) is 71.4 Å². The first-order valence-electron chi connectivity index (χ1n) is 12.1. The van der Waals surface area contributed by atoms with Gasteiger partial charge in [-0.25, -0.2) is 4.98 Å². The van der Waals surface area contributed by atoms with E-state index in [1.54, 1.807) is 7.11 Å². The molecule has 0 aliphatic carbocycles. The van der Waals surface area contributed by atoms with Gasteiger partial charge in [0.2, 0.25) is 0 Å². The average molecular weight is 527 g/mol. The molecule has 0 atom stereocenters. The Balaban J connectivity index is 1.57. The molecule has 0 radical (unpaired) electrons. The summed E-state index contributed by atoms with van der Waals surface area (Å²) < 4.78 is 11.5. The van der Waals surface area contributed by atoms with Gasteiger partial charge in [-0.05, 0) is 49.7 Å². The number of halogens is 2. The number of hydrogen-bond acceptors (Lipinski definition) is 6. The molecule has 3 aromatic carbocycles. The van der Waals surface area contributed by atoms with E-state index >= 15 is 0 Å². The van der Waals surface area contributed by atoms with E-state index < -0.39 is 0 Å². The summed E-state index contributed by atoms with van der Waals surface area (Å²) in [4.78, 5) is 7.24. The van der Waals surface area contributed by atoms with E-state index in [4.69, 9.17) is 43.4 Å². The van der Waals surface area contributed by atoms with Gasteiger partial charge in [-0.15, -0.1) is 23.2 Å². The van der Waals surface area contributed by atoms with Crippen molar-refractivity contribution < 1.29 is 9.47 Å². The Morgan fingerprint density at radius 3 is 2.42 bits per heavy atom. The summed E-state index contributed by atoms with van der Waals surface area (Å²) in [6.07, 6.45) is 1.95. The number of fused-ring (bicyclic) bond motifs is 2. The summed E-state index contributed by atoms with van der Waals surface area (Å²) >= 11 is 11.8. The van der Waals surface area contributed by atoms with Gasteiger partial charge in [0, 0.05) is 41.3 Å². The van der Waals surface area contributed by atoms with Gasteiger partial charge in [-0.2, -0.15) is 0 Å². The van der Waals surface area contributed by atoms with Crippen molar-refractivity contribution in [1.82, 2.24) is 9.88 Å². The highest BCUT2D eigenvalue weighted by Crippen LogP contribution is 2.37. The minimum Gasteiger partial charge on any atom is -0.495 e. The fourth-order valence-corrected chi connectivity index (χ4v) is 4.77. The van der Waals surface area contributed by atoms with Crippen LogP contribution in [0, 0.1) is 0 Å². The van der Waals surface area contributed by atoms with Crippen molar-refractivity contribution in [1.29, 1.82) is 0 Å². The molecule has 0 saturated heterocycles. The smallest absolute Gasteiger partial charge is 0.145 e. The molecule has 4 aromatic rings. The zero-order chi connectivity index (χ0) is 25.3. The fraction of sp³-hybridized carbons (Fsp3) is 0.321. The number of methoxy groups -OCH3 is 1. The Labute approximate surface area is 222 Å². The number of rotatable bonds is 13. The summed E-state index contributed by atoms with van der Waals surface area (Å²) in [6.45, 7) is 3.28. The third kappa shape index (κ3) is 6.25. The molecule has 1 aromatic heterocycles. The molecular weight excluding hydrogens is 495 g/mol. The van der Waals surface area contributed by atoms with Crippen molar-refractivity contribution in [2.45, 2.75) is 12.8 Å². The highest BCUT2D eigenvalue weighted by Gasteiger charge is 2.14. The summed E-state index contributed by atoms with van der Waals surface area (Å²) in [7, 11) is 1.61. The number of anilines is 3. The summed E-state index contributed by atoms with van der Waals surface area (Å²) in [5.41, 5.74) is 10.3. The second-order valence-corrected chi connectivity index (χ2v) is 9.27. The second-order valence-electron chi connectivity index (χ2n) is 8.51. The number of aromatic nitrogens is 1. The number of nitrogens with zero attached hydrogens (tertiary/aromatic N) is 2. The molecule has 0 aliphatic heterocycles. The van der Waals surface area contributed by atoms with Crippen LogP contribution in [0.25, 0.3) is 21.8 Å². The molecule has 8 heteroatoms. The third-order valence-corrected chi connectivity index (χ3v) is 6.44. The maximum Gasteiger partial charge on any atom is 0.145 e. The van der Waals surface area contributed by atoms with Gasteiger partial charge in [0.25, 0.3) is 0 Å². The first-order chi connectivity index (χ1) is 17.6. The summed E-state index contributed by atoms with van der Waals surface area (Å²) in [5, 5.41) is 5.57. The molecule has 0 spiro atoms. The van der Waals surface area contributed by atoms with Crippen LogP contribution < -0.4 is 20.5 Å². The number of ether oxygens (including phenoxy) is 2. The molecule has 6 nitrogen and oxygen atoms in total. The minimum absolute atomic E-state index is 0.574. The predicted molar refractivity (Wildman–Crippen MR) is 153 cm³/mol. The maximum absolute atomic E-state index is 6.23. The summed E-state index contributed by atoms with van der Waals surface area (Å²) in [6, 6.07) is 19.8. The van der Waals surface area contributed by atoms with Crippen LogP contribution in [-0.4, -0.2) is 55.0 Å². The van der Waals surface area contributed by atoms with Gasteiger partial charge < -0.3 is 25.4 Å². The fourth-order valence-electron chi connectivity index (χ4n) is 4.29. The third-order valence-electron chi connectivity index (χ3n) is 6.10. The zero-order valence-corrected chi connectivity index (χ0v) is 22.0. The van der Waals surface area contributed by atoms with Crippen LogP contribution in [0.4, 0.5) is 17.1 Å². The molecule has 3 N–H and O–H groups in total. The van der Waals surface area contributed by atoms with Crippen LogP contribution in [0.2, 0.25) is 0 Å². The lowest BCUT2D eigenvalue weighted by atomic mass is 10.1. The monoisotopic (exact) mass is 526 g/mol. The van der Waals surface area contributed by atoms with Crippen LogP contribution in [0.1, 0.15) is 12.8 Å². The number of nitrogens with two attached hydrogens (primary N) is 1. The highest BCUT2D eigenvalue weighted by atomic mass is 35.5. The van der Waals surface area contributed by atoms with Gasteiger partial charge in [0.15, 0.2) is 0 Å². The first kappa shape index (κ1) is 26.1. The van der Waals surface area contributed by atoms with Crippen molar-refractivity contribution in [3.8, 4) is 11.5 Å². The van der Waals surface area contributed by atoms with Crippen LogP contribution in [0.15, 0.2) is 60.7 Å². The van der Waals surface area contributed by atoms with Gasteiger partial charge in [0.05, 0.1) is 30.6 Å². The number of unbranched alkanes of at least 4 members (excludes halogenated alkanes) is 1. The number of hydrogen-bond donors (Lipinski definition) is 2. The normalized spacial score (nSPS) is 11.3. The minimum atomic E-state index is 0.574. The van der Waals surface area contributed by atoms with Gasteiger partial charge in [0.1, 0.15) is 17.0 Å². The lowest BCUT2D eigenvalue weighted by Gasteiger charge is -2.19. The topological polar surface area (TPSA) is 72.6 Å². The Morgan fingerprint density at radius 1 is 0.889 bits per heavy atom. The molecule has 0 aliphatic rings. The Morgan fingerprint density at radius 2 is 1.67 bits per heavy atom. The molecule has 4 rings (SSSR count). The van der Waals surface area contributed by atoms with E-state index in [2.05, 4.69) is 22.3 Å². The van der Waals surface area contributed by atoms with Gasteiger partial charge in [-0.3, -0.25) is 0 Å². The molecular formula is C28H32Cl2N4O2. The van der Waals surface area contributed by atoms with Crippen LogP contribution in [-0.2, 0) is 0 Å². The lowest BCUT2D eigenvalue weighted by molar-refractivity contribution is 0.269. The SMILES string of the molecule is COc1ccc(Nc2c3ccccc3nc3c(OCCCCN(CCCl)CCCl)cccc23)cc1N. The predicted octanol–water partition coefficient (Wildman–Crippen LogP) is 6.66. The van der Waals surface area contributed by atoms with E-state index in [-0.39, 0.29) is 0 Å². The second kappa shape index (κ2) is 12.9. The molecule has 0 fully saturated rings. The van der Waals surface area contributed by atoms with Crippen molar-refractivity contribution in [3.63, 3.8) is 0 Å². The molecule has 36 heavy (non-hydrogen) atoms. The molecule has 190 valence electrons. The van der Waals surface area contributed by atoms with Gasteiger partial charge in [-0.1, -0.05) is 30.3 Å². The standard InChI is InChI=1S/C28H32Cl2N4O2/c1-35-25-12-11-20(19-23(25)31)32-27-21-7-2-3-9-24(21)33-28-22(27)8-6-10-26(28)36-18-5-4-15-34(16-13-29)17-14-30/h2-3,6-12,19H,4-5,13-18,31H2,1H3,(H,32,33). The molecule has 0 bridgehead atoms. The number of nitrogens with one attached hydrogen (secondary N) is 1. The lowest BCUT2D eigenvalue weighted by Crippen LogP contribution is -2.29. The Kier molecular flexibility index (Phi) is 9.34. The molecule has 1 heterocycles. The number of alkyl halides is 2. The van der Waals surface area contributed by atoms with E-state index in [1.807, 2.05) is 48.5 Å². The van der Waals surface area contributed by atoms with Crippen LogP contribution >= 0.6 is 23.2 Å². The number of para-hydroxylation sites is 2. The Hall–Kier alpha value is -2.93. The van der Waals surface area contributed by atoms with E-state index in [9.17, 15) is 0 Å². The molecule has 0 saturated carbocycles. The molecule has 0 amide bonds. The number of nitrogen functional groups attached to an aromatic ring is 1. The Bertz CT molecular complexity index is 1300. The van der Waals surface area contributed by atoms with Crippen LogP contribution in [0.3, 0.4) is 0 Å². The average Bonchev–Trinajstić information content (AvgIpc) is 2.89. The largest absolute Gasteiger partial charge is 0.495 e. The van der Waals surface area contributed by atoms with Crippen molar-refractivity contribution in [3.05, 3.63) is 60.7 Å². The van der Waals surface area contributed by atoms with Crippen molar-refractivity contribution in [2.75, 3.05) is 56.2 Å². The zero-order valence-electron chi connectivity index (χ0n) is 20.5. The van der Waals surface area contributed by atoms with Crippen molar-refractivity contribution >= 4 is 62.1 Å². The van der Waals surface area contributed by atoms with Crippen LogP contribution in [0.5, 0.6) is 11.5 Å². The van der Waals surface area contributed by atoms with E-state index in [0.29, 0.717) is 29.8 Å².